The Hall–Kier alpha value is -1.31. The van der Waals surface area contributed by atoms with Gasteiger partial charge in [0.05, 0.1) is 17.3 Å². The minimum atomic E-state index is -0.112. The van der Waals surface area contributed by atoms with Crippen molar-refractivity contribution in [1.29, 1.82) is 0 Å². The highest BCUT2D eigenvalue weighted by molar-refractivity contribution is 7.09. The smallest absolute Gasteiger partial charge is 0.223 e. The Morgan fingerprint density at radius 2 is 2.29 bits per heavy atom. The van der Waals surface area contributed by atoms with E-state index < -0.39 is 0 Å². The Kier molecular flexibility index (Phi) is 4.32. The maximum absolute atomic E-state index is 5.74. The van der Waals surface area contributed by atoms with Crippen LogP contribution < -0.4 is 0 Å². The number of aryl methyl sites for hydroxylation is 1. The molecule has 0 bridgehead atoms. The molecule has 7 heteroatoms. The Bertz CT molecular complexity index is 595. The highest BCUT2D eigenvalue weighted by Crippen LogP contribution is 2.23. The van der Waals surface area contributed by atoms with Crippen molar-refractivity contribution >= 4 is 11.3 Å². The molecular formula is C14H20N4O2S. The maximum Gasteiger partial charge on any atom is 0.223 e. The highest BCUT2D eigenvalue weighted by Gasteiger charge is 2.26. The second-order valence-electron chi connectivity index (χ2n) is 5.60. The van der Waals surface area contributed by atoms with Gasteiger partial charge in [0.25, 0.3) is 0 Å². The molecule has 0 amide bonds. The zero-order chi connectivity index (χ0) is 14.8. The maximum atomic E-state index is 5.74. The Balaban J connectivity index is 1.63. The van der Waals surface area contributed by atoms with Crippen LogP contribution in [0.5, 0.6) is 0 Å². The van der Waals surface area contributed by atoms with Crippen LogP contribution in [0.1, 0.15) is 48.3 Å². The van der Waals surface area contributed by atoms with Crippen molar-refractivity contribution in [3.8, 4) is 0 Å². The number of rotatable bonds is 4. The molecule has 0 N–H and O–H groups in total. The molecule has 1 aliphatic heterocycles. The molecule has 2 aromatic rings. The van der Waals surface area contributed by atoms with E-state index in [1.165, 1.54) is 5.01 Å². The van der Waals surface area contributed by atoms with Gasteiger partial charge in [-0.1, -0.05) is 19.0 Å². The van der Waals surface area contributed by atoms with E-state index >= 15 is 0 Å². The van der Waals surface area contributed by atoms with Crippen LogP contribution in [0.3, 0.4) is 0 Å². The van der Waals surface area contributed by atoms with E-state index in [4.69, 9.17) is 14.2 Å². The second kappa shape index (κ2) is 6.21. The summed E-state index contributed by atoms with van der Waals surface area (Å²) in [6, 6.07) is 0. The fraction of sp³-hybridized carbons (Fsp3) is 0.643. The van der Waals surface area contributed by atoms with Crippen molar-refractivity contribution in [3.05, 3.63) is 27.8 Å². The fourth-order valence-electron chi connectivity index (χ4n) is 2.34. The summed E-state index contributed by atoms with van der Waals surface area (Å²) in [7, 11) is 0. The molecule has 0 spiro atoms. The van der Waals surface area contributed by atoms with Gasteiger partial charge in [-0.15, -0.1) is 11.3 Å². The van der Waals surface area contributed by atoms with Crippen LogP contribution in [0.2, 0.25) is 0 Å². The van der Waals surface area contributed by atoms with E-state index in [-0.39, 0.29) is 6.10 Å². The molecule has 1 saturated heterocycles. The molecule has 6 nitrogen and oxygen atoms in total. The summed E-state index contributed by atoms with van der Waals surface area (Å²) in [5, 5.41) is 7.31. The van der Waals surface area contributed by atoms with Crippen molar-refractivity contribution < 1.29 is 9.26 Å². The summed E-state index contributed by atoms with van der Waals surface area (Å²) in [5.74, 6) is 1.70. The van der Waals surface area contributed by atoms with Gasteiger partial charge in [0.1, 0.15) is 6.10 Å². The van der Waals surface area contributed by atoms with E-state index in [1.807, 2.05) is 0 Å². The molecule has 3 heterocycles. The van der Waals surface area contributed by atoms with Crippen molar-refractivity contribution in [2.45, 2.75) is 39.3 Å². The van der Waals surface area contributed by atoms with E-state index in [1.54, 1.807) is 18.3 Å². The first-order valence-electron chi connectivity index (χ1n) is 7.20. The van der Waals surface area contributed by atoms with Gasteiger partial charge in [0.2, 0.25) is 11.7 Å². The van der Waals surface area contributed by atoms with Gasteiger partial charge < -0.3 is 9.26 Å². The molecule has 3 rings (SSSR count). The zero-order valence-electron chi connectivity index (χ0n) is 12.6. The number of ether oxygens (including phenoxy) is 1. The zero-order valence-corrected chi connectivity index (χ0v) is 13.4. The third kappa shape index (κ3) is 3.48. The third-order valence-electron chi connectivity index (χ3n) is 3.43. The number of hydrogen-bond donors (Lipinski definition) is 0. The lowest BCUT2D eigenvalue weighted by atomic mass is 10.2. The predicted molar refractivity (Wildman–Crippen MR) is 79.2 cm³/mol. The van der Waals surface area contributed by atoms with E-state index in [0.29, 0.717) is 24.2 Å². The van der Waals surface area contributed by atoms with Crippen molar-refractivity contribution in [1.82, 2.24) is 20.0 Å². The molecule has 0 unspecified atom stereocenters. The van der Waals surface area contributed by atoms with E-state index in [0.717, 1.165) is 25.3 Å². The largest absolute Gasteiger partial charge is 0.367 e. The van der Waals surface area contributed by atoms with Crippen LogP contribution in [0.25, 0.3) is 0 Å². The Morgan fingerprint density at radius 3 is 2.95 bits per heavy atom. The van der Waals surface area contributed by atoms with Crippen molar-refractivity contribution in [3.63, 3.8) is 0 Å². The lowest BCUT2D eigenvalue weighted by Crippen LogP contribution is -2.38. The van der Waals surface area contributed by atoms with Crippen LogP contribution >= 0.6 is 11.3 Å². The number of aromatic nitrogens is 3. The normalized spacial score (nSPS) is 20.3. The van der Waals surface area contributed by atoms with Gasteiger partial charge in [0, 0.05) is 37.9 Å². The molecule has 1 fully saturated rings. The standard InChI is InChI=1S/C14H20N4O2S/c1-9(2)14-16-11(8-21-14)6-18-4-5-19-12(7-18)13-15-10(3)20-17-13/h8-9,12H,4-7H2,1-3H3/t12-/m0/s1. The Morgan fingerprint density at radius 1 is 1.43 bits per heavy atom. The van der Waals surface area contributed by atoms with Crippen molar-refractivity contribution in [2.75, 3.05) is 19.7 Å². The molecule has 0 radical (unpaired) electrons. The fourth-order valence-corrected chi connectivity index (χ4v) is 3.16. The summed E-state index contributed by atoms with van der Waals surface area (Å²) in [6.07, 6.45) is -0.112. The third-order valence-corrected chi connectivity index (χ3v) is 4.62. The van der Waals surface area contributed by atoms with Gasteiger partial charge in [-0.3, -0.25) is 4.90 Å². The predicted octanol–water partition coefficient (Wildman–Crippen LogP) is 2.53. The van der Waals surface area contributed by atoms with Crippen molar-refractivity contribution in [2.24, 2.45) is 0 Å². The van der Waals surface area contributed by atoms with Crippen LogP contribution in [0.15, 0.2) is 9.90 Å². The monoisotopic (exact) mass is 308 g/mol. The first-order valence-corrected chi connectivity index (χ1v) is 8.08. The second-order valence-corrected chi connectivity index (χ2v) is 6.49. The first-order chi connectivity index (χ1) is 10.1. The number of nitrogens with zero attached hydrogens (tertiary/aromatic N) is 4. The van der Waals surface area contributed by atoms with Gasteiger partial charge in [-0.25, -0.2) is 4.98 Å². The number of thiazole rings is 1. The average Bonchev–Trinajstić information content (AvgIpc) is 3.08. The quantitative estimate of drug-likeness (QED) is 0.865. The summed E-state index contributed by atoms with van der Waals surface area (Å²) < 4.78 is 10.8. The van der Waals surface area contributed by atoms with Crippen LogP contribution in [0.4, 0.5) is 0 Å². The van der Waals surface area contributed by atoms with E-state index in [9.17, 15) is 0 Å². The first kappa shape index (κ1) is 14.6. The minimum absolute atomic E-state index is 0.112. The molecule has 2 aromatic heterocycles. The molecule has 0 aliphatic carbocycles. The molecule has 1 aliphatic rings. The molecule has 21 heavy (non-hydrogen) atoms. The molecular weight excluding hydrogens is 288 g/mol. The van der Waals surface area contributed by atoms with Gasteiger partial charge in [0.15, 0.2) is 0 Å². The van der Waals surface area contributed by atoms with Gasteiger partial charge in [-0.2, -0.15) is 4.98 Å². The molecule has 0 saturated carbocycles. The molecule has 114 valence electrons. The summed E-state index contributed by atoms with van der Waals surface area (Å²) >= 11 is 1.74. The highest BCUT2D eigenvalue weighted by atomic mass is 32.1. The Labute approximate surface area is 128 Å². The lowest BCUT2D eigenvalue weighted by Gasteiger charge is -2.30. The average molecular weight is 308 g/mol. The number of hydrogen-bond acceptors (Lipinski definition) is 7. The SMILES string of the molecule is Cc1nc([C@@H]2CN(Cc3csc(C(C)C)n3)CCO2)no1. The van der Waals surface area contributed by atoms with Gasteiger partial charge in [-0.05, 0) is 0 Å². The van der Waals surface area contributed by atoms with Crippen LogP contribution in [0, 0.1) is 6.92 Å². The van der Waals surface area contributed by atoms with Crippen LogP contribution in [-0.2, 0) is 11.3 Å². The summed E-state index contributed by atoms with van der Waals surface area (Å²) in [5.41, 5.74) is 1.13. The lowest BCUT2D eigenvalue weighted by molar-refractivity contribution is -0.0383. The van der Waals surface area contributed by atoms with Gasteiger partial charge >= 0.3 is 0 Å². The number of morpholine rings is 1. The summed E-state index contributed by atoms with van der Waals surface area (Å²) in [4.78, 5) is 11.3. The topological polar surface area (TPSA) is 64.3 Å². The molecule has 0 aromatic carbocycles. The van der Waals surface area contributed by atoms with E-state index in [2.05, 4.69) is 34.3 Å². The minimum Gasteiger partial charge on any atom is -0.367 e. The molecule has 1 atom stereocenters. The van der Waals surface area contributed by atoms with Crippen LogP contribution in [-0.4, -0.2) is 39.7 Å². The summed E-state index contributed by atoms with van der Waals surface area (Å²) in [6.45, 7) is 9.34.